The number of unbranched alkanes of at least 4 members (excludes halogenated alkanes) is 1. The van der Waals surface area contributed by atoms with E-state index >= 15 is 0 Å². The Morgan fingerprint density at radius 1 is 1.33 bits per heavy atom. The lowest BCUT2D eigenvalue weighted by atomic mass is 10.2. The van der Waals surface area contributed by atoms with Gasteiger partial charge < -0.3 is 10.2 Å². The van der Waals surface area contributed by atoms with Gasteiger partial charge in [0.15, 0.2) is 0 Å². The summed E-state index contributed by atoms with van der Waals surface area (Å²) in [5.41, 5.74) is 1.29. The molecule has 0 bridgehead atoms. The molecule has 0 spiro atoms. The summed E-state index contributed by atoms with van der Waals surface area (Å²) in [5.74, 6) is 0. The van der Waals surface area contributed by atoms with Gasteiger partial charge in [0.05, 0.1) is 0 Å². The number of rotatable bonds is 9. The van der Waals surface area contributed by atoms with E-state index in [1.54, 1.807) is 0 Å². The summed E-state index contributed by atoms with van der Waals surface area (Å²) >= 11 is 0. The van der Waals surface area contributed by atoms with Gasteiger partial charge in [-0.05, 0) is 52.9 Å². The summed E-state index contributed by atoms with van der Waals surface area (Å²) in [6, 6.07) is 2.74. The van der Waals surface area contributed by atoms with E-state index < -0.39 is 0 Å². The van der Waals surface area contributed by atoms with Crippen molar-refractivity contribution >= 4 is 0 Å². The minimum absolute atomic E-state index is 0.655. The van der Waals surface area contributed by atoms with Crippen molar-refractivity contribution in [2.24, 2.45) is 7.05 Å². The zero-order chi connectivity index (χ0) is 13.4. The molecule has 104 valence electrons. The Hall–Kier alpha value is -0.870. The third kappa shape index (κ3) is 5.65. The van der Waals surface area contributed by atoms with Crippen LogP contribution in [-0.4, -0.2) is 47.4 Å². The Morgan fingerprint density at radius 3 is 2.72 bits per heavy atom. The van der Waals surface area contributed by atoms with Gasteiger partial charge in [-0.3, -0.25) is 4.68 Å². The molecule has 18 heavy (non-hydrogen) atoms. The molecule has 1 rings (SSSR count). The largest absolute Gasteiger partial charge is 0.316 e. The van der Waals surface area contributed by atoms with Crippen LogP contribution in [0.1, 0.15) is 32.4 Å². The minimum Gasteiger partial charge on any atom is -0.316 e. The number of aryl methyl sites for hydroxylation is 1. The van der Waals surface area contributed by atoms with Crippen LogP contribution in [0.2, 0.25) is 0 Å². The average Bonchev–Trinajstić information content (AvgIpc) is 2.73. The quantitative estimate of drug-likeness (QED) is 0.679. The van der Waals surface area contributed by atoms with Crippen molar-refractivity contribution in [3.63, 3.8) is 0 Å². The average molecular weight is 252 g/mol. The molecule has 4 nitrogen and oxygen atoms in total. The fraction of sp³-hybridized carbons (Fsp3) is 0.786. The minimum atomic E-state index is 0.655. The van der Waals surface area contributed by atoms with Crippen molar-refractivity contribution in [1.29, 1.82) is 0 Å². The van der Waals surface area contributed by atoms with Gasteiger partial charge in [-0.2, -0.15) is 5.10 Å². The van der Waals surface area contributed by atoms with Crippen molar-refractivity contribution in [2.75, 3.05) is 26.7 Å². The van der Waals surface area contributed by atoms with Crippen molar-refractivity contribution < 1.29 is 0 Å². The molecule has 0 saturated heterocycles. The molecule has 0 saturated carbocycles. The zero-order valence-electron chi connectivity index (χ0n) is 12.3. The fourth-order valence-electron chi connectivity index (χ4n) is 1.86. The maximum Gasteiger partial charge on any atom is 0.0492 e. The number of nitrogens with one attached hydrogen (secondary N) is 1. The molecule has 4 heteroatoms. The van der Waals surface area contributed by atoms with Crippen molar-refractivity contribution in [3.8, 4) is 0 Å². The molecule has 0 fully saturated rings. The van der Waals surface area contributed by atoms with E-state index in [0.29, 0.717) is 6.04 Å². The fourth-order valence-corrected chi connectivity index (χ4v) is 1.86. The van der Waals surface area contributed by atoms with Crippen LogP contribution in [-0.2, 0) is 13.5 Å². The molecule has 1 heterocycles. The van der Waals surface area contributed by atoms with Crippen molar-refractivity contribution in [3.05, 3.63) is 18.0 Å². The highest BCUT2D eigenvalue weighted by molar-refractivity contribution is 5.00. The van der Waals surface area contributed by atoms with E-state index in [-0.39, 0.29) is 0 Å². The first kappa shape index (κ1) is 15.2. The zero-order valence-corrected chi connectivity index (χ0v) is 12.3. The highest BCUT2D eigenvalue weighted by Crippen LogP contribution is 1.98. The summed E-state index contributed by atoms with van der Waals surface area (Å²) in [4.78, 5) is 2.40. The number of nitrogens with zero attached hydrogens (tertiary/aromatic N) is 3. The third-order valence-electron chi connectivity index (χ3n) is 3.48. The number of hydrogen-bond acceptors (Lipinski definition) is 3. The van der Waals surface area contributed by atoms with Crippen LogP contribution < -0.4 is 5.32 Å². The molecular formula is C14H28N4. The first-order valence-electron chi connectivity index (χ1n) is 6.99. The molecular weight excluding hydrogens is 224 g/mol. The lowest BCUT2D eigenvalue weighted by Gasteiger charge is -2.20. The van der Waals surface area contributed by atoms with Crippen molar-refractivity contribution in [1.82, 2.24) is 20.0 Å². The smallest absolute Gasteiger partial charge is 0.0492 e. The first-order chi connectivity index (χ1) is 8.61. The lowest BCUT2D eigenvalue weighted by Crippen LogP contribution is -2.28. The topological polar surface area (TPSA) is 33.1 Å². The van der Waals surface area contributed by atoms with Crippen LogP contribution in [0.4, 0.5) is 0 Å². The van der Waals surface area contributed by atoms with Gasteiger partial charge in [0.25, 0.3) is 0 Å². The van der Waals surface area contributed by atoms with E-state index in [1.807, 2.05) is 17.9 Å². The van der Waals surface area contributed by atoms with Crippen LogP contribution in [0.25, 0.3) is 0 Å². The molecule has 0 radical (unpaired) electrons. The second-order valence-electron chi connectivity index (χ2n) is 5.23. The van der Waals surface area contributed by atoms with Crippen LogP contribution in [0, 0.1) is 0 Å². The molecule has 1 aromatic rings. The summed E-state index contributed by atoms with van der Waals surface area (Å²) < 4.78 is 1.94. The molecule has 0 aliphatic carbocycles. The lowest BCUT2D eigenvalue weighted by molar-refractivity contribution is 0.268. The summed E-state index contributed by atoms with van der Waals surface area (Å²) in [6.45, 7) is 7.84. The standard InChI is InChI=1S/C14H28N4/c1-13(2)17(3)12-6-5-9-15-10-7-14-8-11-16-18(14)4/h8,11,13,15H,5-7,9-10,12H2,1-4H3. The number of hydrogen-bond donors (Lipinski definition) is 1. The van der Waals surface area contributed by atoms with Gasteiger partial charge in [-0.1, -0.05) is 0 Å². The van der Waals surface area contributed by atoms with E-state index in [4.69, 9.17) is 0 Å². The predicted molar refractivity (Wildman–Crippen MR) is 76.8 cm³/mol. The second kappa shape index (κ2) is 8.27. The first-order valence-corrected chi connectivity index (χ1v) is 6.99. The molecule has 0 unspecified atom stereocenters. The van der Waals surface area contributed by atoms with Gasteiger partial charge in [0.2, 0.25) is 0 Å². The Kier molecular flexibility index (Phi) is 6.98. The molecule has 0 amide bonds. The molecule has 0 aliphatic rings. The summed E-state index contributed by atoms with van der Waals surface area (Å²) in [6.07, 6.45) is 5.44. The third-order valence-corrected chi connectivity index (χ3v) is 3.48. The second-order valence-corrected chi connectivity index (χ2v) is 5.23. The molecule has 1 N–H and O–H groups in total. The van der Waals surface area contributed by atoms with E-state index in [1.165, 1.54) is 25.1 Å². The molecule has 0 aromatic carbocycles. The summed E-state index contributed by atoms with van der Waals surface area (Å²) in [7, 11) is 4.19. The maximum atomic E-state index is 4.16. The van der Waals surface area contributed by atoms with Gasteiger partial charge in [-0.15, -0.1) is 0 Å². The van der Waals surface area contributed by atoms with E-state index in [9.17, 15) is 0 Å². The van der Waals surface area contributed by atoms with E-state index in [2.05, 4.69) is 42.3 Å². The highest BCUT2D eigenvalue weighted by atomic mass is 15.3. The Balaban J connectivity index is 1.95. The van der Waals surface area contributed by atoms with E-state index in [0.717, 1.165) is 19.5 Å². The van der Waals surface area contributed by atoms with Crippen LogP contribution in [0.3, 0.4) is 0 Å². The highest BCUT2D eigenvalue weighted by Gasteiger charge is 2.01. The van der Waals surface area contributed by atoms with Gasteiger partial charge >= 0.3 is 0 Å². The van der Waals surface area contributed by atoms with Gasteiger partial charge in [0, 0.05) is 37.9 Å². The van der Waals surface area contributed by atoms with Gasteiger partial charge in [-0.25, -0.2) is 0 Å². The molecule has 0 atom stereocenters. The monoisotopic (exact) mass is 252 g/mol. The van der Waals surface area contributed by atoms with Crippen molar-refractivity contribution in [2.45, 2.75) is 39.2 Å². The SMILES string of the molecule is CC(C)N(C)CCCCNCCc1ccnn1C. The molecule has 0 aliphatic heterocycles. The van der Waals surface area contributed by atoms with Crippen LogP contribution in [0.5, 0.6) is 0 Å². The Labute approximate surface area is 111 Å². The van der Waals surface area contributed by atoms with Gasteiger partial charge in [0.1, 0.15) is 0 Å². The normalized spacial score (nSPS) is 11.7. The Morgan fingerprint density at radius 2 is 2.11 bits per heavy atom. The Bertz CT molecular complexity index is 319. The maximum absolute atomic E-state index is 4.16. The summed E-state index contributed by atoms with van der Waals surface area (Å²) in [5, 5.41) is 7.66. The predicted octanol–water partition coefficient (Wildman–Crippen LogP) is 1.67. The number of aromatic nitrogens is 2. The molecule has 1 aromatic heterocycles. The van der Waals surface area contributed by atoms with Crippen LogP contribution in [0.15, 0.2) is 12.3 Å². The van der Waals surface area contributed by atoms with Crippen LogP contribution >= 0.6 is 0 Å².